The minimum absolute atomic E-state index is 0.0899. The van der Waals surface area contributed by atoms with Crippen molar-refractivity contribution in [2.75, 3.05) is 27.2 Å². The molecule has 28 heavy (non-hydrogen) atoms. The fourth-order valence-electron chi connectivity index (χ4n) is 2.57. The monoisotopic (exact) mass is 402 g/mol. The van der Waals surface area contributed by atoms with Gasteiger partial charge in [0, 0.05) is 14.1 Å². The van der Waals surface area contributed by atoms with Gasteiger partial charge < -0.3 is 31.1 Å². The van der Waals surface area contributed by atoms with Crippen LogP contribution in [-0.4, -0.2) is 89.1 Å². The Morgan fingerprint density at radius 2 is 1.64 bits per heavy atom. The van der Waals surface area contributed by atoms with Gasteiger partial charge in [0.2, 0.25) is 17.7 Å². The van der Waals surface area contributed by atoms with Gasteiger partial charge in [-0.2, -0.15) is 0 Å². The predicted molar refractivity (Wildman–Crippen MR) is 103 cm³/mol. The lowest BCUT2D eigenvalue weighted by Crippen LogP contribution is -2.57. The highest BCUT2D eigenvalue weighted by Crippen LogP contribution is 2.15. The molecule has 0 radical (unpaired) electrons. The highest BCUT2D eigenvalue weighted by molar-refractivity contribution is 5.92. The predicted octanol–water partition coefficient (Wildman–Crippen LogP) is -1.14. The lowest BCUT2D eigenvalue weighted by molar-refractivity contribution is -0.147. The van der Waals surface area contributed by atoms with E-state index in [-0.39, 0.29) is 24.3 Å². The first-order valence-electron chi connectivity index (χ1n) is 9.29. The first kappa shape index (κ1) is 25.8. The number of hydrogen-bond acceptors (Lipinski definition) is 6. The fraction of sp³-hybridized carbons (Fsp3) is 0.778. The summed E-state index contributed by atoms with van der Waals surface area (Å²) in [5.41, 5.74) is 5.83. The molecular formula is C18H34N4O6. The molecule has 5 N–H and O–H groups in total. The molecule has 0 aromatic carbocycles. The molecule has 0 saturated carbocycles. The van der Waals surface area contributed by atoms with Crippen LogP contribution in [0.3, 0.4) is 0 Å². The second-order valence-electron chi connectivity index (χ2n) is 7.38. The van der Waals surface area contributed by atoms with Crippen LogP contribution in [0.5, 0.6) is 0 Å². The zero-order valence-electron chi connectivity index (χ0n) is 17.5. The number of nitrogens with one attached hydrogen (secondary N) is 1. The van der Waals surface area contributed by atoms with Gasteiger partial charge in [-0.3, -0.25) is 14.4 Å². The number of carboxylic acid groups (broad SMARTS) is 1. The quantitative estimate of drug-likeness (QED) is 0.341. The van der Waals surface area contributed by atoms with Gasteiger partial charge in [-0.25, -0.2) is 4.79 Å². The number of carbonyl (C=O) groups is 4. The number of amides is 3. The van der Waals surface area contributed by atoms with Crippen molar-refractivity contribution in [1.82, 2.24) is 15.1 Å². The number of nitrogens with zero attached hydrogens (tertiary/aromatic N) is 2. The molecule has 0 unspecified atom stereocenters. The number of rotatable bonds is 11. The molecule has 162 valence electrons. The van der Waals surface area contributed by atoms with Crippen molar-refractivity contribution in [2.45, 2.75) is 52.2 Å². The Kier molecular flexibility index (Phi) is 10.7. The summed E-state index contributed by atoms with van der Waals surface area (Å²) in [5, 5.41) is 20.4. The number of hydrogen-bond donors (Lipinski definition) is 4. The Labute approximate surface area is 166 Å². The summed E-state index contributed by atoms with van der Waals surface area (Å²) in [5.74, 6) is -3.29. The van der Waals surface area contributed by atoms with Crippen LogP contribution in [0.15, 0.2) is 0 Å². The molecule has 0 heterocycles. The summed E-state index contributed by atoms with van der Waals surface area (Å²) >= 11 is 0. The smallest absolute Gasteiger partial charge is 0.328 e. The van der Waals surface area contributed by atoms with E-state index in [1.54, 1.807) is 20.8 Å². The Balaban J connectivity index is 5.31. The largest absolute Gasteiger partial charge is 0.480 e. The van der Waals surface area contributed by atoms with Crippen molar-refractivity contribution in [2.24, 2.45) is 17.6 Å². The average molecular weight is 402 g/mol. The Hall–Kier alpha value is -2.20. The number of carboxylic acids is 1. The minimum atomic E-state index is -1.46. The first-order chi connectivity index (χ1) is 12.9. The van der Waals surface area contributed by atoms with Crippen molar-refractivity contribution < 1.29 is 29.4 Å². The van der Waals surface area contributed by atoms with E-state index in [0.717, 1.165) is 0 Å². The van der Waals surface area contributed by atoms with Crippen molar-refractivity contribution >= 4 is 23.7 Å². The van der Waals surface area contributed by atoms with Crippen LogP contribution < -0.4 is 11.1 Å². The molecule has 4 atom stereocenters. The number of carbonyl (C=O) groups excluding carboxylic acids is 3. The zero-order valence-corrected chi connectivity index (χ0v) is 17.5. The van der Waals surface area contributed by atoms with E-state index in [9.17, 15) is 19.2 Å². The second kappa shape index (κ2) is 11.6. The van der Waals surface area contributed by atoms with E-state index in [1.165, 1.54) is 23.9 Å². The van der Waals surface area contributed by atoms with Gasteiger partial charge in [0.05, 0.1) is 19.2 Å². The zero-order chi connectivity index (χ0) is 22.2. The molecule has 3 amide bonds. The van der Waals surface area contributed by atoms with Gasteiger partial charge in [0.1, 0.15) is 12.1 Å². The molecule has 0 rings (SSSR count). The highest BCUT2D eigenvalue weighted by atomic mass is 16.4. The van der Waals surface area contributed by atoms with Crippen molar-refractivity contribution in [3.8, 4) is 0 Å². The van der Waals surface area contributed by atoms with E-state index in [1.807, 2.05) is 6.92 Å². The SMILES string of the molecule is CC[C@H](C)[C@@H](C(=O)N[C@@H](CO)C(=O)O)N(C)C(=O)CN(C)C(=O)[C@@H](N)C(C)C. The molecule has 0 aromatic rings. The van der Waals surface area contributed by atoms with Crippen LogP contribution in [0.4, 0.5) is 0 Å². The molecule has 0 saturated heterocycles. The van der Waals surface area contributed by atoms with Gasteiger partial charge in [-0.15, -0.1) is 0 Å². The Morgan fingerprint density at radius 1 is 1.11 bits per heavy atom. The second-order valence-corrected chi connectivity index (χ2v) is 7.38. The van der Waals surface area contributed by atoms with E-state index in [4.69, 9.17) is 15.9 Å². The maximum Gasteiger partial charge on any atom is 0.328 e. The van der Waals surface area contributed by atoms with Crippen LogP contribution in [-0.2, 0) is 19.2 Å². The molecule has 0 aliphatic heterocycles. The molecule has 0 aromatic heterocycles. The lowest BCUT2D eigenvalue weighted by Gasteiger charge is -2.33. The van der Waals surface area contributed by atoms with Crippen molar-refractivity contribution in [3.05, 3.63) is 0 Å². The average Bonchev–Trinajstić information content (AvgIpc) is 2.63. The fourth-order valence-corrected chi connectivity index (χ4v) is 2.57. The van der Waals surface area contributed by atoms with Crippen molar-refractivity contribution in [1.29, 1.82) is 0 Å². The molecule has 0 fully saturated rings. The summed E-state index contributed by atoms with van der Waals surface area (Å²) in [6, 6.07) is -3.15. The topological polar surface area (TPSA) is 153 Å². The van der Waals surface area contributed by atoms with Gasteiger partial charge in [0.15, 0.2) is 0 Å². The molecule has 0 aliphatic rings. The molecule has 0 aliphatic carbocycles. The van der Waals surface area contributed by atoms with Gasteiger partial charge in [-0.1, -0.05) is 34.1 Å². The summed E-state index contributed by atoms with van der Waals surface area (Å²) < 4.78 is 0. The summed E-state index contributed by atoms with van der Waals surface area (Å²) in [7, 11) is 2.88. The third-order valence-corrected chi connectivity index (χ3v) is 4.81. The third kappa shape index (κ3) is 7.08. The van der Waals surface area contributed by atoms with Crippen LogP contribution in [0.1, 0.15) is 34.1 Å². The number of aliphatic hydroxyl groups is 1. The van der Waals surface area contributed by atoms with E-state index in [2.05, 4.69) is 5.32 Å². The Morgan fingerprint density at radius 3 is 2.04 bits per heavy atom. The molecule has 10 nitrogen and oxygen atoms in total. The molecule has 0 spiro atoms. The van der Waals surface area contributed by atoms with Gasteiger partial charge >= 0.3 is 5.97 Å². The number of nitrogens with two attached hydrogens (primary N) is 1. The third-order valence-electron chi connectivity index (χ3n) is 4.81. The van der Waals surface area contributed by atoms with E-state index in [0.29, 0.717) is 6.42 Å². The summed E-state index contributed by atoms with van der Waals surface area (Å²) in [6.45, 7) is 6.16. The number of aliphatic hydroxyl groups excluding tert-OH is 1. The first-order valence-corrected chi connectivity index (χ1v) is 9.29. The van der Waals surface area contributed by atoms with Crippen LogP contribution in [0, 0.1) is 11.8 Å². The maximum absolute atomic E-state index is 12.7. The van der Waals surface area contributed by atoms with Gasteiger partial charge in [-0.05, 0) is 11.8 Å². The van der Waals surface area contributed by atoms with E-state index >= 15 is 0 Å². The number of aliphatic carboxylic acids is 1. The van der Waals surface area contributed by atoms with Crippen LogP contribution in [0.25, 0.3) is 0 Å². The lowest BCUT2D eigenvalue weighted by atomic mass is 9.96. The molecular weight excluding hydrogens is 368 g/mol. The maximum atomic E-state index is 12.7. The standard InChI is InChI=1S/C18H34N4O6/c1-7-11(4)15(16(25)20-12(9-23)18(27)28)22(6)13(24)8-21(5)17(26)14(19)10(2)3/h10-12,14-15,23H,7-9,19H2,1-6H3,(H,20,25)(H,27,28)/t11-,12-,14-,15-/m0/s1. The van der Waals surface area contributed by atoms with E-state index < -0.39 is 42.5 Å². The summed E-state index contributed by atoms with van der Waals surface area (Å²) in [6.07, 6.45) is 0.555. The highest BCUT2D eigenvalue weighted by Gasteiger charge is 2.34. The summed E-state index contributed by atoms with van der Waals surface area (Å²) in [4.78, 5) is 51.0. The van der Waals surface area contributed by atoms with Crippen LogP contribution in [0.2, 0.25) is 0 Å². The number of likely N-dealkylation sites (N-methyl/N-ethyl adjacent to an activating group) is 2. The molecule has 0 bridgehead atoms. The molecule has 10 heteroatoms. The normalized spacial score (nSPS) is 15.3. The van der Waals surface area contributed by atoms with Gasteiger partial charge in [0.25, 0.3) is 0 Å². The minimum Gasteiger partial charge on any atom is -0.480 e. The Bertz CT molecular complexity index is 568. The van der Waals surface area contributed by atoms with Crippen molar-refractivity contribution in [3.63, 3.8) is 0 Å². The van der Waals surface area contributed by atoms with Crippen LogP contribution >= 0.6 is 0 Å².